The van der Waals surface area contributed by atoms with Crippen molar-refractivity contribution >= 4 is 29.1 Å². The largest absolute Gasteiger partial charge is 0.508 e. The Kier molecular flexibility index (Phi) is 4.20. The van der Waals surface area contributed by atoms with E-state index < -0.39 is 0 Å². The van der Waals surface area contributed by atoms with E-state index in [2.05, 4.69) is 4.98 Å². The van der Waals surface area contributed by atoms with Crippen molar-refractivity contribution in [3.05, 3.63) is 59.6 Å². The Morgan fingerprint density at radius 1 is 1.11 bits per heavy atom. The Morgan fingerprint density at radius 3 is 2.61 bits per heavy atom. The van der Waals surface area contributed by atoms with Crippen LogP contribution in [0.1, 0.15) is 0 Å². The van der Waals surface area contributed by atoms with E-state index in [1.807, 2.05) is 28.8 Å². The maximum absolute atomic E-state index is 10.4. The normalized spacial score (nSPS) is 11.1. The zero-order chi connectivity index (χ0) is 20.0. The topological polar surface area (TPSA) is 89.3 Å². The number of phenols is 2. The van der Waals surface area contributed by atoms with E-state index >= 15 is 0 Å². The summed E-state index contributed by atoms with van der Waals surface area (Å²) in [6.45, 7) is 0. The van der Waals surface area contributed by atoms with Gasteiger partial charge in [0.1, 0.15) is 23.2 Å². The molecule has 8 heteroatoms. The molecule has 4 aromatic rings. The molecule has 0 radical (unpaired) electrons. The summed E-state index contributed by atoms with van der Waals surface area (Å²) in [4.78, 5) is 3.02. The van der Waals surface area contributed by atoms with Crippen LogP contribution in [0.4, 0.5) is 0 Å². The smallest absolute Gasteiger partial charge is 0.453 e. The van der Waals surface area contributed by atoms with Crippen LogP contribution in [0.25, 0.3) is 27.8 Å². The van der Waals surface area contributed by atoms with Crippen LogP contribution < -0.4 is 0 Å². The highest BCUT2D eigenvalue weighted by Gasteiger charge is 2.19. The van der Waals surface area contributed by atoms with Crippen LogP contribution in [0, 0.1) is 4.77 Å². The number of phenolic OH excluding ortho intramolecular Hbond substituents is 2. The highest BCUT2D eigenvalue weighted by molar-refractivity contribution is 7.71. The van der Waals surface area contributed by atoms with Crippen molar-refractivity contribution in [2.24, 2.45) is 0 Å². The highest BCUT2D eigenvalue weighted by Crippen LogP contribution is 2.35. The average Bonchev–Trinajstić information content (AvgIpc) is 3.24. The molecule has 4 N–H and O–H groups in total. The fourth-order valence-corrected chi connectivity index (χ4v) is 3.53. The molecule has 0 aliphatic rings. The molecular formula is C20H19N4O3S+. The summed E-state index contributed by atoms with van der Waals surface area (Å²) in [7, 11) is 3.53. The molecule has 142 valence electrons. The molecule has 2 aromatic heterocycles. The summed E-state index contributed by atoms with van der Waals surface area (Å²) in [6, 6.07) is 12.1. The van der Waals surface area contributed by atoms with Crippen LogP contribution in [-0.2, 0) is 0 Å². The van der Waals surface area contributed by atoms with Crippen molar-refractivity contribution in [3.8, 4) is 28.4 Å². The van der Waals surface area contributed by atoms with Gasteiger partial charge in [-0.3, -0.25) is 4.57 Å². The average molecular weight is 395 g/mol. The Balaban J connectivity index is 1.99. The second kappa shape index (κ2) is 6.58. The Morgan fingerprint density at radius 2 is 1.89 bits per heavy atom. The van der Waals surface area contributed by atoms with Gasteiger partial charge in [0.2, 0.25) is 0 Å². The Hall–Kier alpha value is -3.52. The van der Waals surface area contributed by atoms with Gasteiger partial charge in [-0.05, 0) is 42.5 Å². The molecule has 0 aliphatic carbocycles. The summed E-state index contributed by atoms with van der Waals surface area (Å²) in [5.74, 6) is -0.0677. The first kappa shape index (κ1) is 17.9. The van der Waals surface area contributed by atoms with Gasteiger partial charge in [0, 0.05) is 23.2 Å². The fourth-order valence-electron chi connectivity index (χ4n) is 3.28. The fraction of sp³-hybridized carbons (Fsp3) is 0.100. The lowest BCUT2D eigenvalue weighted by atomic mass is 10.1. The highest BCUT2D eigenvalue weighted by atomic mass is 32.1. The molecule has 0 saturated carbocycles. The number of aliphatic hydroxyl groups excluding tert-OH is 1. The molecule has 2 heterocycles. The molecule has 0 bridgehead atoms. The number of fused-ring (bicyclic) bond motifs is 1. The zero-order valence-electron chi connectivity index (χ0n) is 15.3. The zero-order valence-corrected chi connectivity index (χ0v) is 16.1. The lowest BCUT2D eigenvalue weighted by Crippen LogP contribution is -2.20. The molecule has 0 saturated heterocycles. The van der Waals surface area contributed by atoms with Crippen LogP contribution in [0.2, 0.25) is 0 Å². The standard InChI is InChI=1S/C20H18N4O3S/c1-22(2)20(27)23-9-8-13-15(23)4-3-5-16(13)24-17(11-21-19(24)28)14-7-6-12(25)10-18(14)26/h3-11H,1-2H3,(H3,21,25,26,28)/p+1. The minimum absolute atomic E-state index is 0.0178. The minimum atomic E-state index is -0.0499. The number of aliphatic hydroxyl groups is 1. The van der Waals surface area contributed by atoms with E-state index in [4.69, 9.17) is 12.2 Å². The number of nitrogens with zero attached hydrogens (tertiary/aromatic N) is 3. The van der Waals surface area contributed by atoms with Crippen LogP contribution in [-0.4, -0.2) is 54.1 Å². The first-order chi connectivity index (χ1) is 13.4. The second-order valence-electron chi connectivity index (χ2n) is 6.61. The van der Waals surface area contributed by atoms with Gasteiger partial charge in [0.25, 0.3) is 0 Å². The van der Waals surface area contributed by atoms with Gasteiger partial charge in [-0.25, -0.2) is 4.58 Å². The van der Waals surface area contributed by atoms with Crippen LogP contribution in [0.5, 0.6) is 11.5 Å². The number of nitrogens with one attached hydrogen (secondary N) is 1. The number of hydrogen-bond acceptors (Lipinski definition) is 3. The summed E-state index contributed by atoms with van der Waals surface area (Å²) in [6.07, 6.45) is 3.51. The minimum Gasteiger partial charge on any atom is -0.508 e. The van der Waals surface area contributed by atoms with Crippen LogP contribution in [0.15, 0.2) is 54.9 Å². The molecular weight excluding hydrogens is 376 g/mol. The van der Waals surface area contributed by atoms with Gasteiger partial charge in [-0.1, -0.05) is 6.07 Å². The van der Waals surface area contributed by atoms with E-state index in [1.54, 1.807) is 41.7 Å². The van der Waals surface area contributed by atoms with Crippen molar-refractivity contribution in [1.29, 1.82) is 0 Å². The number of rotatable bonds is 2. The van der Waals surface area contributed by atoms with Gasteiger partial charge in [-0.15, -0.1) is 0 Å². The number of aromatic hydroxyl groups is 2. The number of aromatic nitrogens is 3. The summed E-state index contributed by atoms with van der Waals surface area (Å²) in [5.41, 5.74) is 2.80. The quantitative estimate of drug-likeness (QED) is 0.181. The number of benzene rings is 2. The van der Waals surface area contributed by atoms with Crippen molar-refractivity contribution in [2.45, 2.75) is 0 Å². The summed E-state index contributed by atoms with van der Waals surface area (Å²) in [5, 5.41) is 31.1. The van der Waals surface area contributed by atoms with E-state index in [-0.39, 0.29) is 17.5 Å². The molecule has 4 rings (SSSR count). The van der Waals surface area contributed by atoms with E-state index in [9.17, 15) is 15.3 Å². The van der Waals surface area contributed by atoms with Gasteiger partial charge in [-0.2, -0.15) is 4.57 Å². The SMILES string of the molecule is C[N+](C)=C(O)n1ccc2c(-n3c(-c4ccc(O)cc4O)c[nH]c3=S)cccc21. The van der Waals surface area contributed by atoms with Crippen LogP contribution in [0.3, 0.4) is 0 Å². The van der Waals surface area contributed by atoms with E-state index in [0.29, 0.717) is 16.0 Å². The van der Waals surface area contributed by atoms with Crippen molar-refractivity contribution in [2.75, 3.05) is 14.1 Å². The van der Waals surface area contributed by atoms with Gasteiger partial charge < -0.3 is 20.3 Å². The lowest BCUT2D eigenvalue weighted by molar-refractivity contribution is -0.475. The molecule has 0 amide bonds. The number of aromatic amines is 1. The molecule has 0 unspecified atom stereocenters. The summed E-state index contributed by atoms with van der Waals surface area (Å²) < 4.78 is 5.59. The monoisotopic (exact) mass is 395 g/mol. The second-order valence-corrected chi connectivity index (χ2v) is 6.99. The summed E-state index contributed by atoms with van der Waals surface area (Å²) >= 11 is 5.49. The predicted molar refractivity (Wildman–Crippen MR) is 110 cm³/mol. The van der Waals surface area contributed by atoms with E-state index in [0.717, 1.165) is 16.6 Å². The third kappa shape index (κ3) is 2.74. The maximum atomic E-state index is 10.4. The first-order valence-corrected chi connectivity index (χ1v) is 8.96. The maximum Gasteiger partial charge on any atom is 0.453 e. The number of hydrogen-bond donors (Lipinski definition) is 4. The van der Waals surface area contributed by atoms with Crippen molar-refractivity contribution < 1.29 is 19.9 Å². The first-order valence-electron chi connectivity index (χ1n) is 8.55. The lowest BCUT2D eigenvalue weighted by Gasteiger charge is -2.11. The van der Waals surface area contributed by atoms with Crippen LogP contribution >= 0.6 is 12.2 Å². The van der Waals surface area contributed by atoms with Gasteiger partial charge in [0.05, 0.1) is 25.5 Å². The van der Waals surface area contributed by atoms with E-state index in [1.165, 1.54) is 12.1 Å². The molecule has 7 nitrogen and oxygen atoms in total. The predicted octanol–water partition coefficient (Wildman–Crippen LogP) is 3.60. The van der Waals surface area contributed by atoms with Crippen molar-refractivity contribution in [3.63, 3.8) is 0 Å². The number of imidazole rings is 1. The molecule has 0 aliphatic heterocycles. The van der Waals surface area contributed by atoms with Gasteiger partial charge >= 0.3 is 6.02 Å². The Bertz CT molecular complexity index is 1290. The molecule has 0 spiro atoms. The molecule has 0 fully saturated rings. The number of H-pyrrole nitrogens is 1. The van der Waals surface area contributed by atoms with Gasteiger partial charge in [0.15, 0.2) is 4.77 Å². The molecule has 2 aromatic carbocycles. The third-order valence-electron chi connectivity index (χ3n) is 4.60. The third-order valence-corrected chi connectivity index (χ3v) is 4.90. The van der Waals surface area contributed by atoms with Crippen molar-refractivity contribution in [1.82, 2.24) is 14.1 Å². The molecule has 28 heavy (non-hydrogen) atoms. The molecule has 0 atom stereocenters. The Labute approximate surface area is 165 Å².